The summed E-state index contributed by atoms with van der Waals surface area (Å²) in [6.07, 6.45) is 0.635. The van der Waals surface area contributed by atoms with Gasteiger partial charge in [0.15, 0.2) is 0 Å². The van der Waals surface area contributed by atoms with Crippen molar-refractivity contribution in [2.75, 3.05) is 18.4 Å². The van der Waals surface area contributed by atoms with Crippen LogP contribution in [0, 0.1) is 0 Å². The predicted octanol–water partition coefficient (Wildman–Crippen LogP) is 5.12. The second-order valence-corrected chi connectivity index (χ2v) is 9.10. The van der Waals surface area contributed by atoms with Crippen LogP contribution in [0.2, 0.25) is 0 Å². The average molecular weight is 485 g/mol. The van der Waals surface area contributed by atoms with Crippen molar-refractivity contribution < 1.29 is 23.9 Å². The van der Waals surface area contributed by atoms with E-state index in [1.54, 1.807) is 11.0 Å². The summed E-state index contributed by atoms with van der Waals surface area (Å²) in [6.45, 7) is 1.18. The Morgan fingerprint density at radius 3 is 2.31 bits per heavy atom. The zero-order valence-electron chi connectivity index (χ0n) is 19.9. The molecule has 1 atom stereocenters. The first kappa shape index (κ1) is 23.6. The molecule has 1 N–H and O–H groups in total. The summed E-state index contributed by atoms with van der Waals surface area (Å²) >= 11 is 0. The highest BCUT2D eigenvalue weighted by Crippen LogP contribution is 2.38. The van der Waals surface area contributed by atoms with Crippen LogP contribution in [-0.2, 0) is 20.9 Å². The maximum absolute atomic E-state index is 13.0. The second-order valence-electron chi connectivity index (χ2n) is 9.10. The highest BCUT2D eigenvalue weighted by molar-refractivity contribution is 6.07. The van der Waals surface area contributed by atoms with Crippen LogP contribution >= 0.6 is 0 Å². The van der Waals surface area contributed by atoms with Crippen molar-refractivity contribution in [3.8, 4) is 0 Å². The molecule has 0 aromatic heterocycles. The molecule has 7 heteroatoms. The highest BCUT2D eigenvalue weighted by atomic mass is 16.6. The number of carbonyl (C=O) groups excluding carboxylic acids is 3. The number of benzene rings is 3. The molecule has 3 aromatic rings. The minimum Gasteiger partial charge on any atom is -0.462 e. The molecule has 0 aliphatic carbocycles. The summed E-state index contributed by atoms with van der Waals surface area (Å²) in [5.74, 6) is -0.790. The normalized spacial score (nSPS) is 17.3. The zero-order valence-corrected chi connectivity index (χ0v) is 19.9. The molecule has 0 spiro atoms. The topological polar surface area (TPSA) is 84.9 Å². The van der Waals surface area contributed by atoms with Crippen LogP contribution in [0.15, 0.2) is 78.9 Å². The number of rotatable bonds is 5. The number of nitrogens with one attached hydrogen (secondary N) is 1. The van der Waals surface area contributed by atoms with E-state index < -0.39 is 0 Å². The summed E-state index contributed by atoms with van der Waals surface area (Å²) in [5, 5.41) is 2.96. The van der Waals surface area contributed by atoms with Crippen LogP contribution in [0.1, 0.15) is 52.2 Å². The smallest absolute Gasteiger partial charge is 0.410 e. The lowest BCUT2D eigenvalue weighted by Gasteiger charge is -2.31. The van der Waals surface area contributed by atoms with Gasteiger partial charge in [0.2, 0.25) is 0 Å². The number of hydrogen-bond acceptors (Lipinski definition) is 5. The number of amides is 2. The van der Waals surface area contributed by atoms with Crippen LogP contribution in [0.5, 0.6) is 0 Å². The van der Waals surface area contributed by atoms with Gasteiger partial charge >= 0.3 is 12.1 Å². The minimum absolute atomic E-state index is 0.127. The molecule has 2 aliphatic rings. The fourth-order valence-corrected chi connectivity index (χ4v) is 4.87. The Bertz CT molecular complexity index is 1250. The number of para-hydroxylation sites is 1. The summed E-state index contributed by atoms with van der Waals surface area (Å²) in [5.41, 5.74) is 3.91. The van der Waals surface area contributed by atoms with E-state index in [1.807, 2.05) is 72.8 Å². The van der Waals surface area contributed by atoms with E-state index in [1.165, 1.54) is 0 Å². The van der Waals surface area contributed by atoms with Gasteiger partial charge in [0.05, 0.1) is 6.42 Å². The molecular formula is C29H28N2O5. The van der Waals surface area contributed by atoms with E-state index in [4.69, 9.17) is 9.47 Å². The van der Waals surface area contributed by atoms with E-state index in [9.17, 15) is 14.4 Å². The molecule has 1 unspecified atom stereocenters. The number of anilines is 1. The number of hydrogen-bond donors (Lipinski definition) is 1. The van der Waals surface area contributed by atoms with Gasteiger partial charge in [0, 0.05) is 43.1 Å². The first-order chi connectivity index (χ1) is 17.6. The van der Waals surface area contributed by atoms with Crippen LogP contribution in [0.25, 0.3) is 0 Å². The second kappa shape index (κ2) is 10.6. The van der Waals surface area contributed by atoms with Gasteiger partial charge in [0.1, 0.15) is 12.7 Å². The third-order valence-corrected chi connectivity index (χ3v) is 6.74. The Morgan fingerprint density at radius 2 is 1.53 bits per heavy atom. The monoisotopic (exact) mass is 484 g/mol. The van der Waals surface area contributed by atoms with Crippen molar-refractivity contribution in [1.29, 1.82) is 0 Å². The Kier molecular flexibility index (Phi) is 6.98. The zero-order chi connectivity index (χ0) is 24.9. The minimum atomic E-state index is -0.354. The van der Waals surface area contributed by atoms with Crippen LogP contribution in [0.3, 0.4) is 0 Å². The molecule has 0 bridgehead atoms. The van der Waals surface area contributed by atoms with Gasteiger partial charge in [-0.3, -0.25) is 9.59 Å². The molecule has 3 aromatic carbocycles. The maximum atomic E-state index is 13.0. The van der Waals surface area contributed by atoms with Crippen LogP contribution < -0.4 is 5.32 Å². The fourth-order valence-electron chi connectivity index (χ4n) is 4.87. The largest absolute Gasteiger partial charge is 0.462 e. The molecule has 5 rings (SSSR count). The Morgan fingerprint density at radius 1 is 0.861 bits per heavy atom. The Balaban J connectivity index is 1.19. The van der Waals surface area contributed by atoms with Crippen molar-refractivity contribution >= 4 is 23.7 Å². The maximum Gasteiger partial charge on any atom is 0.410 e. The molecule has 2 heterocycles. The fraction of sp³-hybridized carbons (Fsp3) is 0.276. The number of esters is 1. The quantitative estimate of drug-likeness (QED) is 0.508. The van der Waals surface area contributed by atoms with Crippen molar-refractivity contribution in [3.05, 3.63) is 101 Å². The van der Waals surface area contributed by atoms with Crippen molar-refractivity contribution in [1.82, 2.24) is 4.90 Å². The lowest BCUT2D eigenvalue weighted by molar-refractivity contribution is -0.151. The highest BCUT2D eigenvalue weighted by Gasteiger charge is 2.31. The molecular weight excluding hydrogens is 456 g/mol. The molecule has 36 heavy (non-hydrogen) atoms. The molecule has 1 fully saturated rings. The van der Waals surface area contributed by atoms with Gasteiger partial charge in [-0.05, 0) is 28.8 Å². The van der Waals surface area contributed by atoms with E-state index in [-0.39, 0.29) is 43.0 Å². The van der Waals surface area contributed by atoms with Crippen molar-refractivity contribution in [3.63, 3.8) is 0 Å². The standard InChI is InChI=1S/C29H28N2O5/c32-27(36-21-14-16-31(17-15-21)29(34)35-19-20-8-2-1-3-9-20)18-25-22-10-4-5-12-24(22)28(33)30-26-13-7-6-11-23(25)26/h1-13,21,25H,14-19H2,(H,30,33). The van der Waals surface area contributed by atoms with E-state index in [0.717, 1.165) is 16.7 Å². The summed E-state index contributed by atoms with van der Waals surface area (Å²) < 4.78 is 11.2. The number of carbonyl (C=O) groups is 3. The van der Waals surface area contributed by atoms with E-state index >= 15 is 0 Å². The van der Waals surface area contributed by atoms with Gasteiger partial charge in [0.25, 0.3) is 5.91 Å². The van der Waals surface area contributed by atoms with Gasteiger partial charge in [-0.15, -0.1) is 0 Å². The van der Waals surface area contributed by atoms with E-state index in [2.05, 4.69) is 5.32 Å². The molecule has 0 saturated carbocycles. The summed E-state index contributed by atoms with van der Waals surface area (Å²) in [7, 11) is 0. The average Bonchev–Trinajstić information content (AvgIpc) is 3.03. The van der Waals surface area contributed by atoms with Crippen LogP contribution in [-0.4, -0.2) is 42.1 Å². The van der Waals surface area contributed by atoms with Crippen molar-refractivity contribution in [2.24, 2.45) is 0 Å². The Labute approximate surface area is 210 Å². The molecule has 2 aliphatic heterocycles. The Hall–Kier alpha value is -4.13. The molecule has 184 valence electrons. The van der Waals surface area contributed by atoms with E-state index in [0.29, 0.717) is 37.2 Å². The number of piperidine rings is 1. The third-order valence-electron chi connectivity index (χ3n) is 6.74. The first-order valence-corrected chi connectivity index (χ1v) is 12.2. The summed E-state index contributed by atoms with van der Waals surface area (Å²) in [4.78, 5) is 39.9. The van der Waals surface area contributed by atoms with Crippen LogP contribution in [0.4, 0.5) is 10.5 Å². The summed E-state index contributed by atoms with van der Waals surface area (Å²) in [6, 6.07) is 24.5. The number of nitrogens with zero attached hydrogens (tertiary/aromatic N) is 1. The van der Waals surface area contributed by atoms with Gasteiger partial charge in [-0.25, -0.2) is 4.79 Å². The molecule has 2 amide bonds. The number of ether oxygens (including phenoxy) is 2. The van der Waals surface area contributed by atoms with Gasteiger partial charge in [-0.2, -0.15) is 0 Å². The molecule has 0 radical (unpaired) electrons. The number of likely N-dealkylation sites (tertiary alicyclic amines) is 1. The third kappa shape index (κ3) is 5.25. The molecule has 1 saturated heterocycles. The SMILES string of the molecule is O=C(CC1c2ccccc2NC(=O)c2ccccc21)OC1CCN(C(=O)OCc2ccccc2)CC1. The lowest BCUT2D eigenvalue weighted by Crippen LogP contribution is -2.41. The van der Waals surface area contributed by atoms with Gasteiger partial charge < -0.3 is 19.7 Å². The van der Waals surface area contributed by atoms with Gasteiger partial charge in [-0.1, -0.05) is 66.7 Å². The predicted molar refractivity (Wildman–Crippen MR) is 135 cm³/mol. The first-order valence-electron chi connectivity index (χ1n) is 12.2. The number of fused-ring (bicyclic) bond motifs is 2. The molecule has 7 nitrogen and oxygen atoms in total. The lowest BCUT2D eigenvalue weighted by atomic mass is 9.86. The van der Waals surface area contributed by atoms with Crippen molar-refractivity contribution in [2.45, 2.75) is 37.9 Å².